The number of ether oxygens (including phenoxy) is 2. The lowest BCUT2D eigenvalue weighted by atomic mass is 9.85. The number of hydrogen-bond acceptors (Lipinski definition) is 12. The van der Waals surface area contributed by atoms with Crippen LogP contribution in [0.25, 0.3) is 0 Å². The molecule has 0 aromatic rings. The number of carbonyl (C=O) groups excluding carboxylic acids is 2. The minimum absolute atomic E-state index is 0.0429. The molecule has 1 aliphatic rings. The molecule has 49 heavy (non-hydrogen) atoms. The first-order valence-electron chi connectivity index (χ1n) is 17.4. The van der Waals surface area contributed by atoms with Crippen molar-refractivity contribution in [2.45, 2.75) is 146 Å². The van der Waals surface area contributed by atoms with E-state index in [1.807, 2.05) is 6.08 Å². The SMILES string of the molecule is CC/C=C\C/C=C\C/C=C\C/C=C\CCCCC(=O)OC(COC(=O)CCCCCCC)COP(=O)(O)OC1C(O)C(O)C(O)C(O)C1O. The number of rotatable bonds is 26. The second-order valence-corrected chi connectivity index (χ2v) is 13.4. The van der Waals surface area contributed by atoms with Gasteiger partial charge in [-0.05, 0) is 51.4 Å². The smallest absolute Gasteiger partial charge is 0.462 e. The van der Waals surface area contributed by atoms with E-state index in [0.29, 0.717) is 12.8 Å². The largest absolute Gasteiger partial charge is 0.472 e. The Morgan fingerprint density at radius 2 is 1.16 bits per heavy atom. The second-order valence-electron chi connectivity index (χ2n) is 12.0. The summed E-state index contributed by atoms with van der Waals surface area (Å²) in [6.45, 7) is 2.98. The maximum Gasteiger partial charge on any atom is 0.472 e. The Morgan fingerprint density at radius 1 is 0.653 bits per heavy atom. The molecule has 14 heteroatoms. The molecule has 0 heterocycles. The van der Waals surface area contributed by atoms with Crippen molar-refractivity contribution in [2.24, 2.45) is 0 Å². The lowest BCUT2D eigenvalue weighted by Crippen LogP contribution is -2.64. The standard InChI is InChI=1S/C35H59O13P/c1-3-5-7-9-10-11-12-13-14-15-16-17-18-20-22-24-29(37)47-27(25-45-28(36)23-21-19-8-6-4-2)26-46-49(43,44)48-35-33(41)31(39)30(38)32(40)34(35)42/h5,7,10-11,13-14,16-17,27,30-35,38-42H,3-4,6,8-9,12,15,18-26H2,1-2H3,(H,43,44)/b7-5-,11-10-,14-13-,17-16-. The molecule has 6 atom stereocenters. The van der Waals surface area contributed by atoms with Crippen LogP contribution in [0.5, 0.6) is 0 Å². The van der Waals surface area contributed by atoms with Gasteiger partial charge in [0.05, 0.1) is 6.61 Å². The number of phosphoric ester groups is 1. The fraction of sp³-hybridized carbons (Fsp3) is 0.714. The van der Waals surface area contributed by atoms with E-state index in [1.54, 1.807) is 0 Å². The Morgan fingerprint density at radius 3 is 1.76 bits per heavy atom. The van der Waals surface area contributed by atoms with Crippen LogP contribution < -0.4 is 0 Å². The minimum atomic E-state index is -5.11. The molecule has 13 nitrogen and oxygen atoms in total. The summed E-state index contributed by atoms with van der Waals surface area (Å²) >= 11 is 0. The van der Waals surface area contributed by atoms with Crippen LogP contribution in [-0.2, 0) is 32.7 Å². The zero-order valence-electron chi connectivity index (χ0n) is 29.0. The molecule has 0 bridgehead atoms. The summed E-state index contributed by atoms with van der Waals surface area (Å²) in [5, 5.41) is 49.7. The number of unbranched alkanes of at least 4 members (excludes halogenated alkanes) is 6. The Kier molecular flexibility index (Phi) is 24.3. The lowest BCUT2D eigenvalue weighted by Gasteiger charge is -2.41. The average molecular weight is 719 g/mol. The summed E-state index contributed by atoms with van der Waals surface area (Å²) in [6.07, 6.45) is 14.0. The van der Waals surface area contributed by atoms with Gasteiger partial charge in [0.1, 0.15) is 43.2 Å². The molecule has 1 aliphatic carbocycles. The van der Waals surface area contributed by atoms with Crippen LogP contribution in [0.3, 0.4) is 0 Å². The first-order chi connectivity index (χ1) is 23.4. The molecule has 282 valence electrons. The quantitative estimate of drug-likeness (QED) is 0.0316. The Hall–Kier alpha value is -2.19. The van der Waals surface area contributed by atoms with Crippen molar-refractivity contribution in [3.8, 4) is 0 Å². The predicted molar refractivity (Wildman–Crippen MR) is 184 cm³/mol. The van der Waals surface area contributed by atoms with Gasteiger partial charge < -0.3 is 39.9 Å². The second kappa shape index (κ2) is 26.6. The van der Waals surface area contributed by atoms with E-state index in [0.717, 1.165) is 64.2 Å². The zero-order chi connectivity index (χ0) is 36.5. The maximum absolute atomic E-state index is 12.7. The zero-order valence-corrected chi connectivity index (χ0v) is 29.9. The summed E-state index contributed by atoms with van der Waals surface area (Å²) in [4.78, 5) is 35.1. The van der Waals surface area contributed by atoms with Crippen LogP contribution in [0.1, 0.15) is 104 Å². The number of aliphatic hydroxyl groups excluding tert-OH is 5. The average Bonchev–Trinajstić information content (AvgIpc) is 3.07. The summed E-state index contributed by atoms with van der Waals surface area (Å²) in [5.41, 5.74) is 0. The molecule has 0 spiro atoms. The third-order valence-electron chi connectivity index (χ3n) is 7.68. The van der Waals surface area contributed by atoms with Crippen LogP contribution in [-0.4, -0.2) is 98.3 Å². The molecule has 0 amide bonds. The van der Waals surface area contributed by atoms with Crippen molar-refractivity contribution in [2.75, 3.05) is 13.2 Å². The van der Waals surface area contributed by atoms with Crippen molar-refractivity contribution in [3.63, 3.8) is 0 Å². The van der Waals surface area contributed by atoms with Crippen LogP contribution >= 0.6 is 7.82 Å². The monoisotopic (exact) mass is 718 g/mol. The highest BCUT2D eigenvalue weighted by Crippen LogP contribution is 2.47. The lowest BCUT2D eigenvalue weighted by molar-refractivity contribution is -0.220. The van der Waals surface area contributed by atoms with Crippen molar-refractivity contribution in [3.05, 3.63) is 48.6 Å². The van der Waals surface area contributed by atoms with Crippen LogP contribution in [0.15, 0.2) is 48.6 Å². The molecule has 6 N–H and O–H groups in total. The van der Waals surface area contributed by atoms with Gasteiger partial charge in [-0.2, -0.15) is 0 Å². The van der Waals surface area contributed by atoms with Gasteiger partial charge in [-0.3, -0.25) is 18.6 Å². The molecule has 0 saturated heterocycles. The minimum Gasteiger partial charge on any atom is -0.462 e. The molecule has 1 rings (SSSR count). The molecule has 0 aromatic heterocycles. The highest BCUT2D eigenvalue weighted by atomic mass is 31.2. The number of carbonyl (C=O) groups is 2. The number of allylic oxidation sites excluding steroid dienone is 8. The highest BCUT2D eigenvalue weighted by molar-refractivity contribution is 7.47. The van der Waals surface area contributed by atoms with E-state index in [4.69, 9.17) is 18.5 Å². The number of phosphoric acid groups is 1. The number of esters is 2. The highest BCUT2D eigenvalue weighted by Gasteiger charge is 2.51. The number of hydrogen-bond donors (Lipinski definition) is 6. The number of aliphatic hydroxyl groups is 5. The van der Waals surface area contributed by atoms with Gasteiger partial charge in [0.25, 0.3) is 0 Å². The van der Waals surface area contributed by atoms with Gasteiger partial charge in [0.15, 0.2) is 6.10 Å². The van der Waals surface area contributed by atoms with E-state index in [1.165, 1.54) is 0 Å². The van der Waals surface area contributed by atoms with Gasteiger partial charge in [0.2, 0.25) is 0 Å². The first-order valence-corrected chi connectivity index (χ1v) is 18.9. The van der Waals surface area contributed by atoms with Crippen LogP contribution in [0.4, 0.5) is 0 Å². The molecule has 6 unspecified atom stereocenters. The molecule has 0 radical (unpaired) electrons. The predicted octanol–water partition coefficient (Wildman–Crippen LogP) is 4.49. The first kappa shape index (κ1) is 44.8. The fourth-order valence-electron chi connectivity index (χ4n) is 4.80. The topological polar surface area (TPSA) is 210 Å². The summed E-state index contributed by atoms with van der Waals surface area (Å²) in [6, 6.07) is 0. The van der Waals surface area contributed by atoms with Crippen molar-refractivity contribution in [1.82, 2.24) is 0 Å². The molecule has 1 saturated carbocycles. The van der Waals surface area contributed by atoms with E-state index in [9.17, 15) is 44.6 Å². The third kappa shape index (κ3) is 20.3. The van der Waals surface area contributed by atoms with Crippen LogP contribution in [0.2, 0.25) is 0 Å². The van der Waals surface area contributed by atoms with E-state index >= 15 is 0 Å². The van der Waals surface area contributed by atoms with Gasteiger partial charge in [-0.25, -0.2) is 4.57 Å². The fourth-order valence-corrected chi connectivity index (χ4v) is 5.78. The van der Waals surface area contributed by atoms with Gasteiger partial charge in [-0.15, -0.1) is 0 Å². The van der Waals surface area contributed by atoms with Gasteiger partial charge >= 0.3 is 19.8 Å². The Balaban J connectivity index is 2.58. The van der Waals surface area contributed by atoms with Gasteiger partial charge in [-0.1, -0.05) is 88.1 Å². The van der Waals surface area contributed by atoms with Crippen LogP contribution in [0, 0.1) is 0 Å². The van der Waals surface area contributed by atoms with Gasteiger partial charge in [0, 0.05) is 12.8 Å². The normalized spacial score (nSPS) is 25.0. The molecule has 0 aliphatic heterocycles. The molecule has 0 aromatic carbocycles. The summed E-state index contributed by atoms with van der Waals surface area (Å²) in [5.74, 6) is -1.17. The van der Waals surface area contributed by atoms with E-state index < -0.39 is 75.7 Å². The maximum atomic E-state index is 12.7. The van der Waals surface area contributed by atoms with Crippen molar-refractivity contribution >= 4 is 19.8 Å². The Bertz CT molecular complexity index is 1060. The summed E-state index contributed by atoms with van der Waals surface area (Å²) in [7, 11) is -5.11. The Labute approximate surface area is 290 Å². The van der Waals surface area contributed by atoms with E-state index in [2.05, 4.69) is 56.4 Å². The van der Waals surface area contributed by atoms with Crippen molar-refractivity contribution < 1.29 is 63.1 Å². The van der Waals surface area contributed by atoms with Crippen molar-refractivity contribution in [1.29, 1.82) is 0 Å². The molecule has 1 fully saturated rings. The molecular weight excluding hydrogens is 659 g/mol. The van der Waals surface area contributed by atoms with E-state index in [-0.39, 0.29) is 12.8 Å². The molecular formula is C35H59O13P. The summed E-state index contributed by atoms with van der Waals surface area (Å²) < 4.78 is 33.0. The third-order valence-corrected chi connectivity index (χ3v) is 8.67.